The standard InChI is InChI=1S/C45H48ClFN10O19P2/c46-27-3-1-2-4-29(27)70-17-28(54-34(59)20-69-16-24-7-11-26(12-8-24)53-33(58)15-23-5-9-25(47)10-6-23)44(62)75-38-30(73-43(36(38)60)57-22-52-35-40(49)50-21-51-41(35)57)19-72-78(67,68)76-39-31(18-71-77(64,65)66)74-42(37(39)61)56-14-13-32(48)55-45(56)63/h1-14,21-22,28,30-31,36-39,42-43,60-61H,15-20H2,(H,53,58)(H,54,59)(H,67,68)(H2,48,55,63)(H2,49,50,51)(H2,64,65,66)/t28-,30+,31+,36+,37+,38+,39+,42+,43+/m0/s1. The van der Waals surface area contributed by atoms with Crippen molar-refractivity contribution in [3.8, 4) is 5.75 Å². The Morgan fingerprint density at radius 1 is 0.833 bits per heavy atom. The van der Waals surface area contributed by atoms with Crippen LogP contribution >= 0.6 is 27.2 Å². The quantitative estimate of drug-likeness (QED) is 0.0320. The molecule has 1 unspecified atom stereocenters. The van der Waals surface area contributed by atoms with E-state index in [1.54, 1.807) is 36.4 Å². The zero-order valence-electron chi connectivity index (χ0n) is 40.1. The Morgan fingerprint density at radius 3 is 2.21 bits per heavy atom. The molecular weight excluding hydrogens is 1100 g/mol. The smallest absolute Gasteiger partial charge is 0.472 e. The van der Waals surface area contributed by atoms with Gasteiger partial charge in [0.1, 0.15) is 73.0 Å². The van der Waals surface area contributed by atoms with E-state index in [9.17, 15) is 57.6 Å². The number of amides is 2. The normalized spacial score (nSPS) is 22.4. The first-order chi connectivity index (χ1) is 37.1. The van der Waals surface area contributed by atoms with Crippen LogP contribution in [0.4, 0.5) is 21.7 Å². The molecule has 3 aromatic carbocycles. The number of nitrogens with two attached hydrogens (primary N) is 2. The lowest BCUT2D eigenvalue weighted by atomic mass is 10.1. The number of phosphoric ester groups is 2. The van der Waals surface area contributed by atoms with E-state index in [1.807, 2.05) is 0 Å². The number of rotatable bonds is 23. The molecule has 5 heterocycles. The number of aliphatic hydroxyl groups excluding tert-OH is 2. The van der Waals surface area contributed by atoms with Crippen LogP contribution in [0, 0.1) is 5.82 Å². The fourth-order valence-corrected chi connectivity index (χ4v) is 9.43. The van der Waals surface area contributed by atoms with E-state index in [1.165, 1.54) is 41.0 Å². The number of nitrogens with zero attached hydrogens (tertiary/aromatic N) is 6. The van der Waals surface area contributed by atoms with Crippen LogP contribution in [-0.4, -0.2) is 141 Å². The summed E-state index contributed by atoms with van der Waals surface area (Å²) in [7, 11) is -10.7. The number of imidazole rings is 1. The van der Waals surface area contributed by atoms with E-state index >= 15 is 0 Å². The summed E-state index contributed by atoms with van der Waals surface area (Å²) in [5.41, 5.74) is 12.2. The number of anilines is 3. The van der Waals surface area contributed by atoms with Crippen molar-refractivity contribution in [3.63, 3.8) is 0 Å². The zero-order valence-corrected chi connectivity index (χ0v) is 42.7. The van der Waals surface area contributed by atoms with Crippen LogP contribution in [0.5, 0.6) is 5.75 Å². The van der Waals surface area contributed by atoms with Crippen molar-refractivity contribution in [2.45, 2.75) is 68.1 Å². The molecule has 0 spiro atoms. The Hall–Kier alpha value is -6.86. The van der Waals surface area contributed by atoms with Gasteiger partial charge in [0, 0.05) is 11.9 Å². The molecule has 3 aromatic heterocycles. The molecule has 29 nitrogen and oxygen atoms in total. The van der Waals surface area contributed by atoms with Gasteiger partial charge in [-0.15, -0.1) is 0 Å². The summed E-state index contributed by atoms with van der Waals surface area (Å²) in [5.74, 6) is -3.06. The third kappa shape index (κ3) is 14.6. The first-order valence-electron chi connectivity index (χ1n) is 23.0. The van der Waals surface area contributed by atoms with Crippen molar-refractivity contribution < 1.29 is 90.1 Å². The molecule has 2 fully saturated rings. The number of ether oxygens (including phenoxy) is 5. The zero-order chi connectivity index (χ0) is 55.9. The van der Waals surface area contributed by atoms with Crippen LogP contribution in [0.25, 0.3) is 11.2 Å². The average Bonchev–Trinajstić information content (AvgIpc) is 4.07. The van der Waals surface area contributed by atoms with Gasteiger partial charge in [0.15, 0.2) is 36.1 Å². The first kappa shape index (κ1) is 57.3. The van der Waals surface area contributed by atoms with Crippen molar-refractivity contribution in [3.05, 3.63) is 130 Å². The summed E-state index contributed by atoms with van der Waals surface area (Å²) in [4.78, 5) is 98.5. The predicted octanol–water partition coefficient (Wildman–Crippen LogP) is 1.04. The summed E-state index contributed by atoms with van der Waals surface area (Å²) in [6, 6.07) is 17.6. The van der Waals surface area contributed by atoms with E-state index in [-0.39, 0.29) is 52.5 Å². The van der Waals surface area contributed by atoms with Gasteiger partial charge in [0.25, 0.3) is 0 Å². The lowest BCUT2D eigenvalue weighted by Gasteiger charge is -2.26. The molecule has 2 amide bonds. The van der Waals surface area contributed by atoms with Crippen molar-refractivity contribution in [2.75, 3.05) is 43.2 Å². The van der Waals surface area contributed by atoms with E-state index in [0.717, 1.165) is 29.5 Å². The highest BCUT2D eigenvalue weighted by Crippen LogP contribution is 2.50. The second-order valence-electron chi connectivity index (χ2n) is 17.2. The number of nitrogens with one attached hydrogen (secondary N) is 2. The third-order valence-electron chi connectivity index (χ3n) is 11.6. The number of phosphoric acid groups is 2. The molecule has 2 aliphatic heterocycles. The Morgan fingerprint density at radius 2 is 1.50 bits per heavy atom. The van der Waals surface area contributed by atoms with Crippen LogP contribution in [0.1, 0.15) is 23.6 Å². The number of para-hydroxylation sites is 1. The maximum atomic E-state index is 14.3. The second kappa shape index (κ2) is 24.9. The molecule has 33 heteroatoms. The number of hydrogen-bond acceptors (Lipinski definition) is 22. The molecule has 0 saturated carbocycles. The van der Waals surface area contributed by atoms with Crippen molar-refractivity contribution >= 4 is 73.5 Å². The molecule has 8 rings (SSSR count). The highest BCUT2D eigenvalue weighted by atomic mass is 35.5. The maximum absolute atomic E-state index is 14.3. The Bertz CT molecular complexity index is 3270. The Balaban J connectivity index is 0.968. The molecule has 0 radical (unpaired) electrons. The fraction of sp³-hybridized carbons (Fsp3) is 0.333. The number of halogens is 2. The first-order valence-corrected chi connectivity index (χ1v) is 26.4. The molecule has 78 heavy (non-hydrogen) atoms. The topological polar surface area (TPSA) is 415 Å². The summed E-state index contributed by atoms with van der Waals surface area (Å²) >= 11 is 6.30. The number of nitrogen functional groups attached to an aromatic ring is 2. The SMILES string of the molecule is Nc1ccn([C@@H]2O[C@H](COP(=O)(O)O)[C@@H](OP(=O)(O)OC[C@H]3O[C@@H](n4cnc5c(N)ncnc54)[C@H](O)[C@@H]3OC(=O)[C@H](COc3ccccc3Cl)NC(=O)COCc3ccc(NC(=O)Cc4ccc(F)cc4)cc3)[C@H]2O)c(=O)n1. The third-order valence-corrected chi connectivity index (χ3v) is 13.4. The van der Waals surface area contributed by atoms with Gasteiger partial charge in [0.2, 0.25) is 11.8 Å². The van der Waals surface area contributed by atoms with Crippen molar-refractivity contribution in [2.24, 2.45) is 0 Å². The molecule has 10 atom stereocenters. The van der Waals surface area contributed by atoms with Crippen molar-refractivity contribution in [1.82, 2.24) is 34.4 Å². The number of hydrogen-bond donors (Lipinski definition) is 9. The van der Waals surface area contributed by atoms with Crippen LogP contribution in [0.15, 0.2) is 103 Å². The average molecular weight is 1150 g/mol. The van der Waals surface area contributed by atoms with Gasteiger partial charge < -0.3 is 70.7 Å². The fourth-order valence-electron chi connectivity index (χ4n) is 7.94. The second-order valence-corrected chi connectivity index (χ2v) is 20.2. The highest BCUT2D eigenvalue weighted by Gasteiger charge is 2.52. The number of aliphatic hydroxyl groups is 2. The van der Waals surface area contributed by atoms with Crippen LogP contribution in [0.2, 0.25) is 5.02 Å². The molecular formula is C45H48ClFN10O19P2. The summed E-state index contributed by atoms with van der Waals surface area (Å²) in [6.45, 7) is -3.48. The van der Waals surface area contributed by atoms with Gasteiger partial charge in [-0.1, -0.05) is 48.0 Å². The molecule has 11 N–H and O–H groups in total. The van der Waals surface area contributed by atoms with Gasteiger partial charge in [-0.3, -0.25) is 32.3 Å². The van der Waals surface area contributed by atoms with Crippen molar-refractivity contribution in [1.29, 1.82) is 0 Å². The largest absolute Gasteiger partial charge is 0.489 e. The Kier molecular flexibility index (Phi) is 18.3. The lowest BCUT2D eigenvalue weighted by molar-refractivity contribution is -0.161. The molecule has 2 aliphatic rings. The van der Waals surface area contributed by atoms with Crippen LogP contribution < -0.4 is 32.5 Å². The molecule has 0 bridgehead atoms. The molecule has 416 valence electrons. The van der Waals surface area contributed by atoms with E-state index in [4.69, 9.17) is 55.8 Å². The lowest BCUT2D eigenvalue weighted by Crippen LogP contribution is -2.50. The predicted molar refractivity (Wildman–Crippen MR) is 265 cm³/mol. The number of carbonyl (C=O) groups excluding carboxylic acids is 3. The maximum Gasteiger partial charge on any atom is 0.472 e. The summed E-state index contributed by atoms with van der Waals surface area (Å²) < 4.78 is 84.5. The van der Waals surface area contributed by atoms with Gasteiger partial charge in [-0.25, -0.2) is 38.1 Å². The van der Waals surface area contributed by atoms with Crippen LogP contribution in [-0.2, 0) is 69.1 Å². The minimum absolute atomic E-state index is 0.00796. The Labute approximate surface area is 443 Å². The van der Waals surface area contributed by atoms with Gasteiger partial charge >= 0.3 is 27.3 Å². The minimum Gasteiger partial charge on any atom is -0.489 e. The molecule has 0 aliphatic carbocycles. The summed E-state index contributed by atoms with van der Waals surface area (Å²) in [6.07, 6.45) is -11.3. The van der Waals surface area contributed by atoms with Gasteiger partial charge in [-0.2, -0.15) is 4.98 Å². The monoisotopic (exact) mass is 1150 g/mol. The highest BCUT2D eigenvalue weighted by molar-refractivity contribution is 7.47. The number of esters is 1. The molecule has 2 saturated heterocycles. The molecule has 6 aromatic rings. The number of fused-ring (bicyclic) bond motifs is 1. The minimum atomic E-state index is -5.52. The van der Waals surface area contributed by atoms with E-state index < -0.39 is 121 Å². The van der Waals surface area contributed by atoms with Gasteiger partial charge in [-0.05, 0) is 53.6 Å². The summed E-state index contributed by atoms with van der Waals surface area (Å²) in [5, 5.41) is 28.4. The van der Waals surface area contributed by atoms with Crippen LogP contribution in [0.3, 0.4) is 0 Å². The van der Waals surface area contributed by atoms with E-state index in [0.29, 0.717) is 16.8 Å². The number of aromatic nitrogens is 6. The van der Waals surface area contributed by atoms with Gasteiger partial charge in [0.05, 0.1) is 37.6 Å². The van der Waals surface area contributed by atoms with E-state index in [2.05, 4.69) is 35.1 Å². The number of benzene rings is 3. The number of carbonyl (C=O) groups is 3.